The van der Waals surface area contributed by atoms with Crippen molar-refractivity contribution in [2.24, 2.45) is 0 Å². The van der Waals surface area contributed by atoms with Crippen molar-refractivity contribution >= 4 is 28.6 Å². The number of rotatable bonds is 0. The van der Waals surface area contributed by atoms with Crippen LogP contribution in [-0.2, 0) is 0 Å². The first-order valence-electron chi connectivity index (χ1n) is 3.94. The fourth-order valence-corrected chi connectivity index (χ4v) is 1.87. The van der Waals surface area contributed by atoms with Gasteiger partial charge in [-0.15, -0.1) is 0 Å². The second kappa shape index (κ2) is 2.68. The van der Waals surface area contributed by atoms with Crippen molar-refractivity contribution in [2.75, 3.05) is 5.73 Å². The molecule has 3 N–H and O–H groups in total. The quantitative estimate of drug-likeness (QED) is 0.658. The number of hydrogen-bond donors (Lipinski definition) is 2. The lowest BCUT2D eigenvalue weighted by molar-refractivity contribution is 0.166. The number of aromatic nitrogens is 1. The van der Waals surface area contributed by atoms with Gasteiger partial charge in [0.2, 0.25) is 0 Å². The fourth-order valence-electron chi connectivity index (χ4n) is 1.15. The van der Waals surface area contributed by atoms with Crippen LogP contribution in [0.25, 0.3) is 12.2 Å². The highest BCUT2D eigenvalue weighted by Crippen LogP contribution is 2.27. The van der Waals surface area contributed by atoms with Crippen molar-refractivity contribution in [2.45, 2.75) is 12.5 Å². The molecule has 0 amide bonds. The zero-order chi connectivity index (χ0) is 9.47. The van der Waals surface area contributed by atoms with Crippen LogP contribution >= 0.6 is 11.3 Å². The number of anilines is 1. The second-order valence-electron chi connectivity index (χ2n) is 3.19. The van der Waals surface area contributed by atoms with Crippen LogP contribution in [0.15, 0.2) is 12.2 Å². The molecule has 1 aliphatic rings. The van der Waals surface area contributed by atoms with Gasteiger partial charge in [0, 0.05) is 0 Å². The predicted molar refractivity (Wildman–Crippen MR) is 55.2 cm³/mol. The van der Waals surface area contributed by atoms with Crippen molar-refractivity contribution in [1.29, 1.82) is 0 Å². The van der Waals surface area contributed by atoms with Crippen LogP contribution in [0.1, 0.15) is 17.5 Å². The average molecular weight is 194 g/mol. The normalized spacial score (nSPS) is 25.7. The summed E-state index contributed by atoms with van der Waals surface area (Å²) >= 11 is 1.42. The van der Waals surface area contributed by atoms with E-state index in [9.17, 15) is 5.11 Å². The van der Waals surface area contributed by atoms with E-state index in [1.54, 1.807) is 25.2 Å². The van der Waals surface area contributed by atoms with Gasteiger partial charge in [-0.3, -0.25) is 0 Å². The lowest BCUT2D eigenvalue weighted by atomic mass is 10.1. The summed E-state index contributed by atoms with van der Waals surface area (Å²) in [5.74, 6) is 0. The molecule has 0 aromatic carbocycles. The van der Waals surface area contributed by atoms with Crippen molar-refractivity contribution < 1.29 is 5.11 Å². The Labute approximate surface area is 80.2 Å². The molecule has 0 aliphatic heterocycles. The van der Waals surface area contributed by atoms with E-state index < -0.39 is 5.60 Å². The topological polar surface area (TPSA) is 59.1 Å². The lowest BCUT2D eigenvalue weighted by Crippen LogP contribution is -2.15. The monoisotopic (exact) mass is 194 g/mol. The highest BCUT2D eigenvalue weighted by molar-refractivity contribution is 7.16. The number of nitrogens with two attached hydrogens (primary N) is 1. The SMILES string of the molecule is CC1(O)C=Cc2nc(N)sc2C=C1. The molecule has 13 heavy (non-hydrogen) atoms. The Morgan fingerprint density at radius 1 is 1.46 bits per heavy atom. The lowest BCUT2D eigenvalue weighted by Gasteiger charge is -2.10. The highest BCUT2D eigenvalue weighted by Gasteiger charge is 2.16. The van der Waals surface area contributed by atoms with Gasteiger partial charge in [0.05, 0.1) is 16.2 Å². The van der Waals surface area contributed by atoms with Gasteiger partial charge >= 0.3 is 0 Å². The molecule has 0 fully saturated rings. The third kappa shape index (κ3) is 1.64. The van der Waals surface area contributed by atoms with Crippen LogP contribution in [0.3, 0.4) is 0 Å². The van der Waals surface area contributed by atoms with E-state index in [2.05, 4.69) is 4.98 Å². The first kappa shape index (κ1) is 8.47. The van der Waals surface area contributed by atoms with Crippen LogP contribution in [0, 0.1) is 0 Å². The Kier molecular flexibility index (Phi) is 1.75. The minimum Gasteiger partial charge on any atom is -0.382 e. The van der Waals surface area contributed by atoms with Crippen LogP contribution in [-0.4, -0.2) is 15.7 Å². The zero-order valence-electron chi connectivity index (χ0n) is 7.19. The Bertz CT molecular complexity index is 357. The first-order valence-corrected chi connectivity index (χ1v) is 4.76. The molecule has 2 rings (SSSR count). The maximum Gasteiger partial charge on any atom is 0.181 e. The summed E-state index contributed by atoms with van der Waals surface area (Å²) in [5, 5.41) is 10.2. The summed E-state index contributed by atoms with van der Waals surface area (Å²) in [7, 11) is 0. The van der Waals surface area contributed by atoms with E-state index in [4.69, 9.17) is 5.73 Å². The second-order valence-corrected chi connectivity index (χ2v) is 4.26. The van der Waals surface area contributed by atoms with E-state index in [0.717, 1.165) is 10.6 Å². The number of hydrogen-bond acceptors (Lipinski definition) is 4. The van der Waals surface area contributed by atoms with Gasteiger partial charge in [-0.1, -0.05) is 11.3 Å². The highest BCUT2D eigenvalue weighted by atomic mass is 32.1. The van der Waals surface area contributed by atoms with E-state index in [0.29, 0.717) is 5.13 Å². The molecule has 1 unspecified atom stereocenters. The molecule has 0 saturated carbocycles. The number of thiazole rings is 1. The van der Waals surface area contributed by atoms with E-state index >= 15 is 0 Å². The van der Waals surface area contributed by atoms with E-state index in [1.807, 2.05) is 6.08 Å². The third-order valence-electron chi connectivity index (χ3n) is 1.85. The van der Waals surface area contributed by atoms with Gasteiger partial charge in [-0.05, 0) is 31.2 Å². The zero-order valence-corrected chi connectivity index (χ0v) is 8.01. The summed E-state index contributed by atoms with van der Waals surface area (Å²) in [6.07, 6.45) is 7.08. The molecule has 1 atom stereocenters. The predicted octanol–water partition coefficient (Wildman–Crippen LogP) is 1.52. The van der Waals surface area contributed by atoms with Crippen molar-refractivity contribution in [3.05, 3.63) is 22.7 Å². The van der Waals surface area contributed by atoms with Crippen LogP contribution < -0.4 is 5.73 Å². The Morgan fingerprint density at radius 2 is 2.15 bits per heavy atom. The van der Waals surface area contributed by atoms with Gasteiger partial charge in [0.25, 0.3) is 0 Å². The number of fused-ring (bicyclic) bond motifs is 1. The molecule has 3 nitrogen and oxygen atoms in total. The van der Waals surface area contributed by atoms with Crippen molar-refractivity contribution in [3.8, 4) is 0 Å². The number of nitrogen functional groups attached to an aromatic ring is 1. The molecule has 0 spiro atoms. The molecule has 1 aliphatic carbocycles. The average Bonchev–Trinajstić information content (AvgIpc) is 2.34. The minimum atomic E-state index is -0.880. The Morgan fingerprint density at radius 3 is 2.92 bits per heavy atom. The van der Waals surface area contributed by atoms with Crippen molar-refractivity contribution in [1.82, 2.24) is 4.98 Å². The molecule has 1 aromatic rings. The summed E-state index contributed by atoms with van der Waals surface area (Å²) < 4.78 is 0. The molecule has 0 saturated heterocycles. The van der Waals surface area contributed by atoms with Crippen LogP contribution in [0.2, 0.25) is 0 Å². The van der Waals surface area contributed by atoms with Crippen LogP contribution in [0.4, 0.5) is 5.13 Å². The summed E-state index contributed by atoms with van der Waals surface area (Å²) in [6, 6.07) is 0. The van der Waals surface area contributed by atoms with E-state index in [1.165, 1.54) is 11.3 Å². The first-order chi connectivity index (χ1) is 6.07. The fraction of sp³-hybridized carbons (Fsp3) is 0.222. The molecule has 0 radical (unpaired) electrons. The maximum atomic E-state index is 9.69. The molecular formula is C9H10N2OS. The smallest absolute Gasteiger partial charge is 0.181 e. The summed E-state index contributed by atoms with van der Waals surface area (Å²) in [4.78, 5) is 5.12. The molecule has 1 heterocycles. The van der Waals surface area contributed by atoms with E-state index in [-0.39, 0.29) is 0 Å². The Balaban J connectivity index is 2.50. The summed E-state index contributed by atoms with van der Waals surface area (Å²) in [5.41, 5.74) is 5.50. The molecule has 4 heteroatoms. The third-order valence-corrected chi connectivity index (χ3v) is 2.71. The van der Waals surface area contributed by atoms with Gasteiger partial charge < -0.3 is 10.8 Å². The summed E-state index contributed by atoms with van der Waals surface area (Å²) in [6.45, 7) is 1.72. The van der Waals surface area contributed by atoms with Gasteiger partial charge in [0.15, 0.2) is 5.13 Å². The largest absolute Gasteiger partial charge is 0.382 e. The van der Waals surface area contributed by atoms with Gasteiger partial charge in [-0.2, -0.15) is 0 Å². The van der Waals surface area contributed by atoms with Crippen LogP contribution in [0.5, 0.6) is 0 Å². The minimum absolute atomic E-state index is 0.556. The molecule has 1 aromatic heterocycles. The van der Waals surface area contributed by atoms with Gasteiger partial charge in [-0.25, -0.2) is 4.98 Å². The molecular weight excluding hydrogens is 184 g/mol. The number of aliphatic hydroxyl groups is 1. The molecule has 68 valence electrons. The van der Waals surface area contributed by atoms with Gasteiger partial charge in [0.1, 0.15) is 0 Å². The Hall–Kier alpha value is -1.13. The maximum absolute atomic E-state index is 9.69. The van der Waals surface area contributed by atoms with Crippen molar-refractivity contribution in [3.63, 3.8) is 0 Å². The standard InChI is InChI=1S/C9H10N2OS/c1-9(12)4-2-6-7(3-5-9)13-8(10)11-6/h2-5,12H,1H3,(H2,10,11). The number of nitrogens with zero attached hydrogens (tertiary/aromatic N) is 1. The molecule has 0 bridgehead atoms.